The van der Waals surface area contributed by atoms with Crippen LogP contribution in [0, 0.1) is 0 Å². The van der Waals surface area contributed by atoms with E-state index in [9.17, 15) is 14.4 Å². The van der Waals surface area contributed by atoms with Gasteiger partial charge in [-0.05, 0) is 55.5 Å². The Kier molecular flexibility index (Phi) is 5.87. The molecule has 6 heteroatoms. The van der Waals surface area contributed by atoms with E-state index < -0.39 is 0 Å². The van der Waals surface area contributed by atoms with Gasteiger partial charge in [0.2, 0.25) is 0 Å². The number of benzene rings is 3. The van der Waals surface area contributed by atoms with Crippen molar-refractivity contribution in [3.05, 3.63) is 94.5 Å². The van der Waals surface area contributed by atoms with Gasteiger partial charge in [0, 0.05) is 33.1 Å². The maximum atomic E-state index is 12.5. The van der Waals surface area contributed by atoms with Crippen LogP contribution >= 0.6 is 11.6 Å². The van der Waals surface area contributed by atoms with Crippen molar-refractivity contribution in [2.24, 2.45) is 0 Å². The van der Waals surface area contributed by atoms with Crippen LogP contribution in [0.15, 0.2) is 72.8 Å². The number of anilines is 2. The van der Waals surface area contributed by atoms with Crippen LogP contribution in [-0.4, -0.2) is 17.6 Å². The zero-order valence-electron chi connectivity index (χ0n) is 15.0. The van der Waals surface area contributed by atoms with Crippen LogP contribution in [0.5, 0.6) is 0 Å². The predicted molar refractivity (Wildman–Crippen MR) is 110 cm³/mol. The Morgan fingerprint density at radius 2 is 1.18 bits per heavy atom. The third-order valence-corrected chi connectivity index (χ3v) is 4.23. The Balaban J connectivity index is 1.75. The lowest BCUT2D eigenvalue weighted by Gasteiger charge is -2.09. The lowest BCUT2D eigenvalue weighted by molar-refractivity contribution is 0.100. The molecule has 28 heavy (non-hydrogen) atoms. The minimum atomic E-state index is -0.377. The van der Waals surface area contributed by atoms with Crippen LogP contribution in [0.3, 0.4) is 0 Å². The number of hydrogen-bond acceptors (Lipinski definition) is 3. The average Bonchev–Trinajstić information content (AvgIpc) is 2.68. The second-order valence-corrected chi connectivity index (χ2v) is 6.57. The van der Waals surface area contributed by atoms with Gasteiger partial charge in [-0.15, -0.1) is 0 Å². The van der Waals surface area contributed by atoms with Crippen molar-refractivity contribution in [2.75, 3.05) is 10.6 Å². The summed E-state index contributed by atoms with van der Waals surface area (Å²) >= 11 is 5.92. The first kappa shape index (κ1) is 19.3. The normalized spacial score (nSPS) is 10.2. The summed E-state index contributed by atoms with van der Waals surface area (Å²) in [7, 11) is 0. The van der Waals surface area contributed by atoms with Gasteiger partial charge in [0.25, 0.3) is 11.8 Å². The molecule has 3 rings (SSSR count). The molecule has 0 heterocycles. The van der Waals surface area contributed by atoms with E-state index in [4.69, 9.17) is 11.6 Å². The third-order valence-electron chi connectivity index (χ3n) is 4.00. The quantitative estimate of drug-likeness (QED) is 0.597. The van der Waals surface area contributed by atoms with Gasteiger partial charge in [0.15, 0.2) is 5.78 Å². The second-order valence-electron chi connectivity index (χ2n) is 6.14. The molecule has 0 unspecified atom stereocenters. The number of Topliss-reactive ketones (excluding diaryl/α,β-unsaturated/α-hetero) is 1. The highest BCUT2D eigenvalue weighted by atomic mass is 35.5. The van der Waals surface area contributed by atoms with Crippen LogP contribution in [0.4, 0.5) is 11.4 Å². The first-order valence-corrected chi connectivity index (χ1v) is 8.89. The van der Waals surface area contributed by atoms with Crippen molar-refractivity contribution in [1.82, 2.24) is 0 Å². The van der Waals surface area contributed by atoms with Gasteiger partial charge in [-0.2, -0.15) is 0 Å². The van der Waals surface area contributed by atoms with E-state index in [-0.39, 0.29) is 17.6 Å². The molecule has 0 aliphatic carbocycles. The maximum Gasteiger partial charge on any atom is 0.255 e. The van der Waals surface area contributed by atoms with Gasteiger partial charge in [0.05, 0.1) is 0 Å². The van der Waals surface area contributed by atoms with Crippen molar-refractivity contribution >= 4 is 40.6 Å². The molecule has 0 aliphatic rings. The Labute approximate surface area is 167 Å². The highest BCUT2D eigenvalue weighted by Crippen LogP contribution is 2.17. The Hall–Kier alpha value is -3.44. The molecule has 0 fully saturated rings. The lowest BCUT2D eigenvalue weighted by atomic mass is 10.1. The van der Waals surface area contributed by atoms with E-state index in [1.807, 2.05) is 0 Å². The summed E-state index contributed by atoms with van der Waals surface area (Å²) < 4.78 is 0. The molecule has 0 aromatic heterocycles. The summed E-state index contributed by atoms with van der Waals surface area (Å²) in [4.78, 5) is 36.5. The predicted octanol–water partition coefficient (Wildman–Crippen LogP) is 5.05. The summed E-state index contributed by atoms with van der Waals surface area (Å²) in [6, 6.07) is 19.8. The van der Waals surface area contributed by atoms with Crippen LogP contribution in [0.25, 0.3) is 0 Å². The summed E-state index contributed by atoms with van der Waals surface area (Å²) in [6.07, 6.45) is 0. The minimum absolute atomic E-state index is 0.0872. The Bertz CT molecular complexity index is 1060. The van der Waals surface area contributed by atoms with Gasteiger partial charge >= 0.3 is 0 Å². The SMILES string of the molecule is CC(=O)c1cccc(NC(=O)c2cccc(C(=O)Nc3cccc(Cl)c3)c2)c1. The van der Waals surface area contributed by atoms with E-state index in [1.165, 1.54) is 13.0 Å². The fraction of sp³-hybridized carbons (Fsp3) is 0.0455. The standard InChI is InChI=1S/C22H17ClN2O3/c1-14(26)15-5-3-9-19(12-15)24-21(27)16-6-2-7-17(11-16)22(28)25-20-10-4-8-18(23)13-20/h2-13H,1H3,(H,24,27)(H,25,28). The number of carbonyl (C=O) groups is 3. The second kappa shape index (κ2) is 8.50. The third kappa shape index (κ3) is 4.84. The highest BCUT2D eigenvalue weighted by molar-refractivity contribution is 6.31. The van der Waals surface area contributed by atoms with Gasteiger partial charge in [0.1, 0.15) is 0 Å². The molecule has 0 bridgehead atoms. The van der Waals surface area contributed by atoms with Gasteiger partial charge in [-0.25, -0.2) is 0 Å². The fourth-order valence-electron chi connectivity index (χ4n) is 2.59. The number of carbonyl (C=O) groups excluding carboxylic acids is 3. The summed E-state index contributed by atoms with van der Waals surface area (Å²) in [5.74, 6) is -0.815. The number of halogens is 1. The summed E-state index contributed by atoms with van der Waals surface area (Å²) in [5, 5.41) is 5.99. The molecule has 2 N–H and O–H groups in total. The molecule has 3 aromatic rings. The van der Waals surface area contributed by atoms with Crippen molar-refractivity contribution in [3.63, 3.8) is 0 Å². The summed E-state index contributed by atoms with van der Waals surface area (Å²) in [6.45, 7) is 1.46. The first-order valence-electron chi connectivity index (χ1n) is 8.52. The molecule has 140 valence electrons. The van der Waals surface area contributed by atoms with Crippen LogP contribution in [0.1, 0.15) is 38.0 Å². The Morgan fingerprint density at radius 1 is 0.679 bits per heavy atom. The summed E-state index contributed by atoms with van der Waals surface area (Å²) in [5.41, 5.74) is 2.24. The van der Waals surface area contributed by atoms with Gasteiger partial charge in [-0.1, -0.05) is 35.9 Å². The van der Waals surface area contributed by atoms with E-state index in [0.29, 0.717) is 33.1 Å². The molecule has 0 saturated carbocycles. The number of ketones is 1. The number of amides is 2. The number of rotatable bonds is 5. The van der Waals surface area contributed by atoms with E-state index in [2.05, 4.69) is 10.6 Å². The van der Waals surface area contributed by atoms with E-state index in [1.54, 1.807) is 66.7 Å². The molecule has 0 atom stereocenters. The van der Waals surface area contributed by atoms with Crippen molar-refractivity contribution in [3.8, 4) is 0 Å². The largest absolute Gasteiger partial charge is 0.322 e. The molecule has 0 aliphatic heterocycles. The van der Waals surface area contributed by atoms with Gasteiger partial charge < -0.3 is 10.6 Å². The molecule has 0 saturated heterocycles. The fourth-order valence-corrected chi connectivity index (χ4v) is 2.78. The van der Waals surface area contributed by atoms with Crippen molar-refractivity contribution < 1.29 is 14.4 Å². The van der Waals surface area contributed by atoms with E-state index >= 15 is 0 Å². The molecular formula is C22H17ClN2O3. The number of nitrogens with one attached hydrogen (secondary N) is 2. The highest BCUT2D eigenvalue weighted by Gasteiger charge is 2.12. The van der Waals surface area contributed by atoms with E-state index in [0.717, 1.165) is 0 Å². The minimum Gasteiger partial charge on any atom is -0.322 e. The van der Waals surface area contributed by atoms with Crippen LogP contribution in [0.2, 0.25) is 5.02 Å². The molecule has 5 nitrogen and oxygen atoms in total. The van der Waals surface area contributed by atoms with Crippen molar-refractivity contribution in [2.45, 2.75) is 6.92 Å². The zero-order valence-corrected chi connectivity index (χ0v) is 15.8. The van der Waals surface area contributed by atoms with Crippen molar-refractivity contribution in [1.29, 1.82) is 0 Å². The maximum absolute atomic E-state index is 12.5. The monoisotopic (exact) mass is 392 g/mol. The topological polar surface area (TPSA) is 75.3 Å². The smallest absolute Gasteiger partial charge is 0.255 e. The zero-order chi connectivity index (χ0) is 20.1. The molecular weight excluding hydrogens is 376 g/mol. The lowest BCUT2D eigenvalue weighted by Crippen LogP contribution is -2.15. The molecule has 0 radical (unpaired) electrons. The first-order chi connectivity index (χ1) is 13.4. The van der Waals surface area contributed by atoms with Crippen LogP contribution < -0.4 is 10.6 Å². The molecule has 0 spiro atoms. The molecule has 3 aromatic carbocycles. The average molecular weight is 393 g/mol. The molecule has 2 amide bonds. The van der Waals surface area contributed by atoms with Crippen LogP contribution in [-0.2, 0) is 0 Å². The number of hydrogen-bond donors (Lipinski definition) is 2. The van der Waals surface area contributed by atoms with Gasteiger partial charge in [-0.3, -0.25) is 14.4 Å². The Morgan fingerprint density at radius 3 is 1.75 bits per heavy atom.